The van der Waals surface area contributed by atoms with Crippen LogP contribution in [0.3, 0.4) is 0 Å². The van der Waals surface area contributed by atoms with Gasteiger partial charge in [-0.25, -0.2) is 8.42 Å². The lowest BCUT2D eigenvalue weighted by atomic mass is 9.88. The van der Waals surface area contributed by atoms with Crippen molar-refractivity contribution in [3.05, 3.63) is 10.4 Å². The van der Waals surface area contributed by atoms with E-state index in [1.807, 2.05) is 0 Å². The highest BCUT2D eigenvalue weighted by Gasteiger charge is 2.43. The number of epoxide rings is 1. The lowest BCUT2D eigenvalue weighted by molar-refractivity contribution is 0.357. The standard InChI is InChI=1S/C8H13N3O3S/c9-10-11-15(12,13)4-3-6-1-2-7-8(5-6)14-7/h6-8H,1-5H2. The number of ether oxygens (including phenoxy) is 1. The van der Waals surface area contributed by atoms with Crippen molar-refractivity contribution in [2.75, 3.05) is 5.75 Å². The van der Waals surface area contributed by atoms with Crippen molar-refractivity contribution < 1.29 is 13.2 Å². The zero-order chi connectivity index (χ0) is 10.9. The fourth-order valence-electron chi connectivity index (χ4n) is 2.16. The predicted molar refractivity (Wildman–Crippen MR) is 53.6 cm³/mol. The van der Waals surface area contributed by atoms with Gasteiger partial charge in [-0.05, 0) is 37.1 Å². The van der Waals surface area contributed by atoms with E-state index in [1.165, 1.54) is 0 Å². The summed E-state index contributed by atoms with van der Waals surface area (Å²) in [5.41, 5.74) is 8.05. The second-order valence-electron chi connectivity index (χ2n) is 4.14. The maximum atomic E-state index is 11.1. The van der Waals surface area contributed by atoms with Gasteiger partial charge in [-0.1, -0.05) is 0 Å². The Bertz CT molecular complexity index is 388. The fraction of sp³-hybridized carbons (Fsp3) is 1.00. The van der Waals surface area contributed by atoms with Crippen LogP contribution >= 0.6 is 0 Å². The summed E-state index contributed by atoms with van der Waals surface area (Å²) >= 11 is 0. The first-order valence-electron chi connectivity index (χ1n) is 5.05. The number of nitrogens with zero attached hydrogens (tertiary/aromatic N) is 3. The summed E-state index contributed by atoms with van der Waals surface area (Å²) in [4.78, 5) is 2.31. The molecule has 1 saturated heterocycles. The Morgan fingerprint density at radius 1 is 1.40 bits per heavy atom. The molecule has 1 aliphatic heterocycles. The summed E-state index contributed by atoms with van der Waals surface area (Å²) in [5.74, 6) is 0.358. The Kier molecular flexibility index (Phi) is 2.86. The number of hydrogen-bond donors (Lipinski definition) is 0. The Morgan fingerprint density at radius 2 is 2.20 bits per heavy atom. The van der Waals surface area contributed by atoms with E-state index in [9.17, 15) is 8.42 Å². The van der Waals surface area contributed by atoms with Crippen LogP contribution in [0.25, 0.3) is 10.4 Å². The highest BCUT2D eigenvalue weighted by atomic mass is 32.2. The summed E-state index contributed by atoms with van der Waals surface area (Å²) in [6.45, 7) is 0. The number of rotatable bonds is 4. The van der Waals surface area contributed by atoms with Gasteiger partial charge in [0, 0.05) is 9.43 Å². The first-order chi connectivity index (χ1) is 7.11. The lowest BCUT2D eigenvalue weighted by Crippen LogP contribution is -2.16. The zero-order valence-corrected chi connectivity index (χ0v) is 9.06. The predicted octanol–water partition coefficient (Wildman–Crippen LogP) is 1.58. The lowest BCUT2D eigenvalue weighted by Gasteiger charge is -2.17. The largest absolute Gasteiger partial charge is 0.370 e. The molecule has 0 N–H and O–H groups in total. The fourth-order valence-corrected chi connectivity index (χ4v) is 2.99. The molecule has 2 rings (SSSR count). The van der Waals surface area contributed by atoms with Crippen LogP contribution < -0.4 is 0 Å². The molecule has 0 bridgehead atoms. The van der Waals surface area contributed by atoms with Crippen LogP contribution in [0, 0.1) is 5.92 Å². The molecule has 0 spiro atoms. The third-order valence-corrected chi connectivity index (χ3v) is 4.13. The van der Waals surface area contributed by atoms with Crippen molar-refractivity contribution in [3.63, 3.8) is 0 Å². The number of azide groups is 1. The first kappa shape index (κ1) is 10.7. The molecular formula is C8H13N3O3S. The van der Waals surface area contributed by atoms with Gasteiger partial charge in [0.15, 0.2) is 0 Å². The zero-order valence-electron chi connectivity index (χ0n) is 8.24. The van der Waals surface area contributed by atoms with Crippen LogP contribution in [0.5, 0.6) is 0 Å². The van der Waals surface area contributed by atoms with E-state index < -0.39 is 10.0 Å². The van der Waals surface area contributed by atoms with Crippen LogP contribution in [0.1, 0.15) is 25.7 Å². The molecule has 3 atom stereocenters. The molecule has 6 nitrogen and oxygen atoms in total. The van der Waals surface area contributed by atoms with E-state index in [-0.39, 0.29) is 5.75 Å². The van der Waals surface area contributed by atoms with Crippen LogP contribution in [0.4, 0.5) is 0 Å². The summed E-state index contributed by atoms with van der Waals surface area (Å²) in [7, 11) is -3.57. The number of fused-ring (bicyclic) bond motifs is 1. The molecule has 1 aliphatic carbocycles. The molecule has 1 heterocycles. The van der Waals surface area contributed by atoms with Crippen LogP contribution in [-0.4, -0.2) is 26.4 Å². The Hall–Kier alpha value is -0.780. The van der Waals surface area contributed by atoms with Gasteiger partial charge in [-0.15, -0.1) is 0 Å². The summed E-state index contributed by atoms with van der Waals surface area (Å²) < 4.78 is 30.4. The Morgan fingerprint density at radius 3 is 2.87 bits per heavy atom. The molecule has 1 saturated carbocycles. The summed E-state index contributed by atoms with van der Waals surface area (Å²) in [6, 6.07) is 0. The topological polar surface area (TPSA) is 95.4 Å². The van der Waals surface area contributed by atoms with Crippen molar-refractivity contribution in [2.45, 2.75) is 37.9 Å². The van der Waals surface area contributed by atoms with Crippen LogP contribution in [0.2, 0.25) is 0 Å². The monoisotopic (exact) mass is 231 g/mol. The van der Waals surface area contributed by atoms with Crippen molar-refractivity contribution in [1.29, 1.82) is 0 Å². The maximum absolute atomic E-state index is 11.1. The molecule has 0 radical (unpaired) electrons. The van der Waals surface area contributed by atoms with Gasteiger partial charge in [0.1, 0.15) is 0 Å². The SMILES string of the molecule is [N-]=[N+]=NS(=O)(=O)CCC1CCC2OC2C1. The molecule has 2 aliphatic rings. The molecular weight excluding hydrogens is 218 g/mol. The van der Waals surface area contributed by atoms with Crippen molar-refractivity contribution in [1.82, 2.24) is 0 Å². The second-order valence-corrected chi connectivity index (χ2v) is 5.87. The van der Waals surface area contributed by atoms with Gasteiger partial charge in [-0.2, -0.15) is 0 Å². The first-order valence-corrected chi connectivity index (χ1v) is 6.66. The molecule has 0 aromatic rings. The van der Waals surface area contributed by atoms with E-state index in [4.69, 9.17) is 10.3 Å². The van der Waals surface area contributed by atoms with Crippen LogP contribution in [0.15, 0.2) is 4.52 Å². The van der Waals surface area contributed by atoms with Gasteiger partial charge in [0.05, 0.1) is 18.0 Å². The van der Waals surface area contributed by atoms with E-state index >= 15 is 0 Å². The molecule has 0 amide bonds. The molecule has 7 heteroatoms. The smallest absolute Gasteiger partial charge is 0.235 e. The molecule has 84 valence electrons. The average Bonchev–Trinajstić information content (AvgIpc) is 2.92. The van der Waals surface area contributed by atoms with Crippen molar-refractivity contribution in [2.24, 2.45) is 10.4 Å². The molecule has 3 unspecified atom stereocenters. The minimum Gasteiger partial charge on any atom is -0.370 e. The minimum atomic E-state index is -3.57. The molecule has 0 aromatic heterocycles. The summed E-state index contributed by atoms with van der Waals surface area (Å²) in [6.07, 6.45) is 4.40. The van der Waals surface area contributed by atoms with E-state index in [1.54, 1.807) is 0 Å². The molecule has 15 heavy (non-hydrogen) atoms. The van der Waals surface area contributed by atoms with Gasteiger partial charge in [0.2, 0.25) is 10.0 Å². The Balaban J connectivity index is 1.80. The summed E-state index contributed by atoms with van der Waals surface area (Å²) in [5, 5.41) is 0. The van der Waals surface area contributed by atoms with Gasteiger partial charge < -0.3 is 4.74 Å². The number of hydrogen-bond acceptors (Lipinski definition) is 3. The quantitative estimate of drug-likeness (QED) is 0.318. The van der Waals surface area contributed by atoms with Crippen molar-refractivity contribution in [3.8, 4) is 0 Å². The van der Waals surface area contributed by atoms with Gasteiger partial charge >= 0.3 is 0 Å². The second kappa shape index (κ2) is 4.00. The minimum absolute atomic E-state index is 0.0425. The van der Waals surface area contributed by atoms with Crippen LogP contribution in [-0.2, 0) is 14.8 Å². The van der Waals surface area contributed by atoms with E-state index in [0.29, 0.717) is 24.5 Å². The Labute approximate surface area is 88.3 Å². The highest BCUT2D eigenvalue weighted by Crippen LogP contribution is 2.40. The third kappa shape index (κ3) is 2.84. The molecule has 0 aromatic carbocycles. The average molecular weight is 231 g/mol. The van der Waals surface area contributed by atoms with E-state index in [0.717, 1.165) is 19.3 Å². The van der Waals surface area contributed by atoms with Crippen molar-refractivity contribution >= 4 is 10.0 Å². The van der Waals surface area contributed by atoms with Gasteiger partial charge in [0.25, 0.3) is 0 Å². The highest BCUT2D eigenvalue weighted by molar-refractivity contribution is 7.89. The maximum Gasteiger partial charge on any atom is 0.235 e. The normalized spacial score (nSPS) is 34.0. The van der Waals surface area contributed by atoms with E-state index in [2.05, 4.69) is 9.43 Å². The molecule has 2 fully saturated rings. The third-order valence-electron chi connectivity index (χ3n) is 3.06. The number of sulfonamides is 1. The van der Waals surface area contributed by atoms with Gasteiger partial charge in [-0.3, -0.25) is 0 Å².